The topological polar surface area (TPSA) is 71.0 Å². The van der Waals surface area contributed by atoms with E-state index in [2.05, 4.69) is 49.5 Å². The molecule has 1 heterocycles. The molecule has 1 atom stereocenters. The van der Waals surface area contributed by atoms with Crippen LogP contribution in [0.3, 0.4) is 0 Å². The molecule has 2 aromatic rings. The Balaban J connectivity index is 1.48. The minimum atomic E-state index is -0.114. The quantitative estimate of drug-likeness (QED) is 0.643. The number of amides is 1. The van der Waals surface area contributed by atoms with Gasteiger partial charge in [-0.15, -0.1) is 0 Å². The molecule has 33 heavy (non-hydrogen) atoms. The van der Waals surface area contributed by atoms with Gasteiger partial charge in [-0.3, -0.25) is 14.6 Å². The zero-order chi connectivity index (χ0) is 23.4. The molecule has 4 rings (SSSR count). The van der Waals surface area contributed by atoms with Crippen LogP contribution < -0.4 is 10.3 Å². The van der Waals surface area contributed by atoms with Crippen LogP contribution in [0.4, 0.5) is 5.69 Å². The average Bonchev–Trinajstić information content (AvgIpc) is 3.26. The summed E-state index contributed by atoms with van der Waals surface area (Å²) < 4.78 is 5.15. The number of ether oxygens (including phenoxy) is 1. The van der Waals surface area contributed by atoms with E-state index in [-0.39, 0.29) is 29.9 Å². The standard InChI is InChI=1S/C27H33N3O3/c1-4-33-27(32)21-11-13-22(14-12-21)28-26(31)23-17-25(20-8-6-5-7-9-20)30(29-23)24-15-10-18(2)16-19(24)3/h5-10,15-16,21-22,25H,4,11-14,17H2,1-3H3,(H,28,31). The summed E-state index contributed by atoms with van der Waals surface area (Å²) in [7, 11) is 0. The zero-order valence-corrected chi connectivity index (χ0v) is 19.7. The second-order valence-corrected chi connectivity index (χ2v) is 9.09. The summed E-state index contributed by atoms with van der Waals surface area (Å²) in [6.07, 6.45) is 3.62. The normalized spacial score (nSPS) is 22.6. The van der Waals surface area contributed by atoms with Crippen LogP contribution in [0.5, 0.6) is 0 Å². The van der Waals surface area contributed by atoms with Crippen LogP contribution >= 0.6 is 0 Å². The third kappa shape index (κ3) is 5.27. The molecule has 2 aliphatic rings. The molecule has 2 aromatic carbocycles. The van der Waals surface area contributed by atoms with Gasteiger partial charge in [0.25, 0.3) is 5.91 Å². The first kappa shape index (κ1) is 23.0. The van der Waals surface area contributed by atoms with Crippen molar-refractivity contribution in [1.82, 2.24) is 5.32 Å². The number of carbonyl (C=O) groups is 2. The molecular weight excluding hydrogens is 414 g/mol. The lowest BCUT2D eigenvalue weighted by Crippen LogP contribution is -2.41. The SMILES string of the molecule is CCOC(=O)C1CCC(NC(=O)C2=NN(c3ccc(C)cc3C)C(c3ccccc3)C2)CC1. The van der Waals surface area contributed by atoms with E-state index in [9.17, 15) is 9.59 Å². The number of carbonyl (C=O) groups excluding carboxylic acids is 2. The second kappa shape index (κ2) is 10.2. The highest BCUT2D eigenvalue weighted by Gasteiger charge is 2.34. The number of hydrazone groups is 1. The van der Waals surface area contributed by atoms with E-state index >= 15 is 0 Å². The van der Waals surface area contributed by atoms with Crippen molar-refractivity contribution in [3.05, 3.63) is 65.2 Å². The largest absolute Gasteiger partial charge is 0.466 e. The number of rotatable bonds is 6. The fraction of sp³-hybridized carbons (Fsp3) is 0.444. The minimum Gasteiger partial charge on any atom is -0.466 e. The maximum atomic E-state index is 13.2. The minimum absolute atomic E-state index is 0.0205. The number of hydrogen-bond donors (Lipinski definition) is 1. The maximum Gasteiger partial charge on any atom is 0.308 e. The van der Waals surface area contributed by atoms with Gasteiger partial charge in [-0.25, -0.2) is 0 Å². The van der Waals surface area contributed by atoms with E-state index in [0.717, 1.165) is 42.5 Å². The molecular formula is C27H33N3O3. The average molecular weight is 448 g/mol. The first-order valence-electron chi connectivity index (χ1n) is 11.9. The number of aryl methyl sites for hydroxylation is 2. The summed E-state index contributed by atoms with van der Waals surface area (Å²) in [5, 5.41) is 9.97. The van der Waals surface area contributed by atoms with Gasteiger partial charge in [0.1, 0.15) is 5.71 Å². The molecule has 1 fully saturated rings. The van der Waals surface area contributed by atoms with E-state index in [0.29, 0.717) is 18.7 Å². The van der Waals surface area contributed by atoms with Crippen LogP contribution in [-0.4, -0.2) is 30.2 Å². The number of nitrogens with one attached hydrogen (secondary N) is 1. The lowest BCUT2D eigenvalue weighted by Gasteiger charge is -2.27. The zero-order valence-electron chi connectivity index (χ0n) is 19.7. The lowest BCUT2D eigenvalue weighted by atomic mass is 9.86. The molecule has 1 N–H and O–H groups in total. The van der Waals surface area contributed by atoms with Crippen LogP contribution in [0, 0.1) is 19.8 Å². The molecule has 0 radical (unpaired) electrons. The molecule has 1 aliphatic carbocycles. The first-order valence-corrected chi connectivity index (χ1v) is 11.9. The van der Waals surface area contributed by atoms with Crippen molar-refractivity contribution in [3.8, 4) is 0 Å². The highest BCUT2D eigenvalue weighted by atomic mass is 16.5. The maximum absolute atomic E-state index is 13.2. The Bertz CT molecular complexity index is 1030. The fourth-order valence-electron chi connectivity index (χ4n) is 4.87. The first-order chi connectivity index (χ1) is 16.0. The monoisotopic (exact) mass is 447 g/mol. The van der Waals surface area contributed by atoms with Crippen molar-refractivity contribution in [1.29, 1.82) is 0 Å². The van der Waals surface area contributed by atoms with Crippen LogP contribution in [0.15, 0.2) is 53.6 Å². The Hall–Kier alpha value is -3.15. The molecule has 174 valence electrons. The van der Waals surface area contributed by atoms with Crippen molar-refractivity contribution >= 4 is 23.3 Å². The van der Waals surface area contributed by atoms with Crippen LogP contribution in [0.25, 0.3) is 0 Å². The summed E-state index contributed by atoms with van der Waals surface area (Å²) in [5.41, 5.74) is 5.05. The predicted molar refractivity (Wildman–Crippen MR) is 130 cm³/mol. The molecule has 1 amide bonds. The van der Waals surface area contributed by atoms with E-state index in [1.807, 2.05) is 30.1 Å². The van der Waals surface area contributed by atoms with Crippen LogP contribution in [0.1, 0.15) is 61.8 Å². The summed E-state index contributed by atoms with van der Waals surface area (Å²) in [4.78, 5) is 25.2. The third-order valence-electron chi connectivity index (χ3n) is 6.64. The Morgan fingerprint density at radius 3 is 2.45 bits per heavy atom. The van der Waals surface area contributed by atoms with E-state index in [1.165, 1.54) is 5.56 Å². The van der Waals surface area contributed by atoms with Gasteiger partial charge >= 0.3 is 5.97 Å². The van der Waals surface area contributed by atoms with Crippen LogP contribution in [0.2, 0.25) is 0 Å². The number of benzene rings is 2. The number of anilines is 1. The smallest absolute Gasteiger partial charge is 0.308 e. The summed E-state index contributed by atoms with van der Waals surface area (Å²) in [5.74, 6) is -0.274. The Labute approximate surface area is 196 Å². The Kier molecular flexibility index (Phi) is 7.11. The molecule has 1 aliphatic heterocycles. The van der Waals surface area contributed by atoms with Crippen molar-refractivity contribution in [3.63, 3.8) is 0 Å². The van der Waals surface area contributed by atoms with Gasteiger partial charge in [0.15, 0.2) is 0 Å². The highest BCUT2D eigenvalue weighted by molar-refractivity contribution is 6.39. The van der Waals surface area contributed by atoms with Crippen molar-refractivity contribution < 1.29 is 14.3 Å². The van der Waals surface area contributed by atoms with Gasteiger partial charge < -0.3 is 10.1 Å². The van der Waals surface area contributed by atoms with Gasteiger partial charge in [0, 0.05) is 12.5 Å². The van der Waals surface area contributed by atoms with Gasteiger partial charge in [-0.2, -0.15) is 5.10 Å². The van der Waals surface area contributed by atoms with Gasteiger partial charge in [0.2, 0.25) is 0 Å². The number of hydrogen-bond acceptors (Lipinski definition) is 5. The summed E-state index contributed by atoms with van der Waals surface area (Å²) in [6.45, 7) is 6.40. The number of nitrogens with zero attached hydrogens (tertiary/aromatic N) is 2. The number of esters is 1. The molecule has 0 aromatic heterocycles. The Morgan fingerprint density at radius 1 is 1.06 bits per heavy atom. The van der Waals surface area contributed by atoms with Crippen molar-refractivity contribution in [2.24, 2.45) is 11.0 Å². The van der Waals surface area contributed by atoms with Crippen molar-refractivity contribution in [2.75, 3.05) is 11.6 Å². The molecule has 6 nitrogen and oxygen atoms in total. The molecule has 0 spiro atoms. The summed E-state index contributed by atoms with van der Waals surface area (Å²) >= 11 is 0. The predicted octanol–water partition coefficient (Wildman–Crippen LogP) is 4.85. The van der Waals surface area contributed by atoms with E-state index in [4.69, 9.17) is 9.84 Å². The Morgan fingerprint density at radius 2 is 1.79 bits per heavy atom. The van der Waals surface area contributed by atoms with E-state index in [1.54, 1.807) is 0 Å². The molecule has 1 saturated carbocycles. The molecule has 0 saturated heterocycles. The highest BCUT2D eigenvalue weighted by Crippen LogP contribution is 2.37. The second-order valence-electron chi connectivity index (χ2n) is 9.09. The molecule has 1 unspecified atom stereocenters. The third-order valence-corrected chi connectivity index (χ3v) is 6.64. The fourth-order valence-corrected chi connectivity index (χ4v) is 4.87. The van der Waals surface area contributed by atoms with E-state index < -0.39 is 0 Å². The van der Waals surface area contributed by atoms with Gasteiger partial charge in [0.05, 0.1) is 24.3 Å². The lowest BCUT2D eigenvalue weighted by molar-refractivity contribution is -0.149. The van der Waals surface area contributed by atoms with Crippen LogP contribution in [-0.2, 0) is 14.3 Å². The molecule has 0 bridgehead atoms. The van der Waals surface area contributed by atoms with Gasteiger partial charge in [-0.1, -0.05) is 48.0 Å². The van der Waals surface area contributed by atoms with Crippen molar-refractivity contribution in [2.45, 2.75) is 65.0 Å². The van der Waals surface area contributed by atoms with Gasteiger partial charge in [-0.05, 0) is 63.6 Å². The molecule has 6 heteroatoms. The summed E-state index contributed by atoms with van der Waals surface area (Å²) in [6, 6.07) is 16.6.